The van der Waals surface area contributed by atoms with Crippen molar-refractivity contribution in [2.24, 2.45) is 0 Å². The molecule has 3 aromatic rings. The molecule has 0 bridgehead atoms. The highest BCUT2D eigenvalue weighted by Gasteiger charge is 2.23. The van der Waals surface area contributed by atoms with Gasteiger partial charge in [0.25, 0.3) is 11.6 Å². The van der Waals surface area contributed by atoms with E-state index >= 15 is 0 Å². The molecule has 1 N–H and O–H groups in total. The number of hydrogen-bond donors (Lipinski definition) is 1. The highest BCUT2D eigenvalue weighted by Crippen LogP contribution is 2.37. The summed E-state index contributed by atoms with van der Waals surface area (Å²) in [6.45, 7) is 1.81. The van der Waals surface area contributed by atoms with E-state index in [1.165, 1.54) is 30.3 Å². The third kappa shape index (κ3) is 5.28. The largest absolute Gasteiger partial charge is 0.495 e. The van der Waals surface area contributed by atoms with Crippen LogP contribution >= 0.6 is 11.8 Å². The number of carbonyl (C=O) groups excluding carboxylic acids is 1. The van der Waals surface area contributed by atoms with E-state index < -0.39 is 4.92 Å². The molecule has 33 heavy (non-hydrogen) atoms. The smallest absolute Gasteiger partial charge is 0.269 e. The Morgan fingerprint density at radius 1 is 1.00 bits per heavy atom. The number of nitrogens with one attached hydrogen (secondary N) is 1. The number of rotatable bonds is 7. The van der Waals surface area contributed by atoms with E-state index in [4.69, 9.17) is 4.74 Å². The summed E-state index contributed by atoms with van der Waals surface area (Å²) in [5.74, 6) is 0.371. The Balaban J connectivity index is 1.71. The summed E-state index contributed by atoms with van der Waals surface area (Å²) >= 11 is 1.42. The van der Waals surface area contributed by atoms with Crippen molar-refractivity contribution in [2.45, 2.75) is 29.1 Å². The van der Waals surface area contributed by atoms with Crippen molar-refractivity contribution in [1.82, 2.24) is 0 Å². The number of carbonyl (C=O) groups is 1. The summed E-state index contributed by atoms with van der Waals surface area (Å²) in [5.41, 5.74) is 2.13. The van der Waals surface area contributed by atoms with Gasteiger partial charge in [-0.2, -0.15) is 0 Å². The maximum Gasteiger partial charge on any atom is 0.269 e. The van der Waals surface area contributed by atoms with Gasteiger partial charge in [0.2, 0.25) is 0 Å². The number of para-hydroxylation sites is 2. The Labute approximate surface area is 196 Å². The van der Waals surface area contributed by atoms with E-state index in [2.05, 4.69) is 10.2 Å². The molecule has 3 aromatic carbocycles. The number of piperidine rings is 1. The van der Waals surface area contributed by atoms with Gasteiger partial charge in [0, 0.05) is 35.0 Å². The van der Waals surface area contributed by atoms with E-state index in [0.717, 1.165) is 41.4 Å². The molecular formula is C25H25N3O4S. The monoisotopic (exact) mass is 463 g/mol. The van der Waals surface area contributed by atoms with Crippen LogP contribution in [-0.4, -0.2) is 31.0 Å². The first-order valence-corrected chi connectivity index (χ1v) is 11.6. The summed E-state index contributed by atoms with van der Waals surface area (Å²) < 4.78 is 5.40. The number of benzene rings is 3. The lowest BCUT2D eigenvalue weighted by molar-refractivity contribution is -0.384. The number of anilines is 2. The molecule has 1 heterocycles. The van der Waals surface area contributed by atoms with Gasteiger partial charge in [-0.1, -0.05) is 30.0 Å². The molecule has 8 heteroatoms. The zero-order valence-corrected chi connectivity index (χ0v) is 19.1. The molecule has 1 fully saturated rings. The minimum absolute atomic E-state index is 0.0376. The molecule has 4 rings (SSSR count). The number of ether oxygens (including phenoxy) is 1. The van der Waals surface area contributed by atoms with Crippen LogP contribution in [0.25, 0.3) is 0 Å². The van der Waals surface area contributed by atoms with Gasteiger partial charge in [0.1, 0.15) is 5.75 Å². The van der Waals surface area contributed by atoms with Gasteiger partial charge >= 0.3 is 0 Å². The number of hydrogen-bond acceptors (Lipinski definition) is 6. The summed E-state index contributed by atoms with van der Waals surface area (Å²) in [4.78, 5) is 28.1. The fourth-order valence-electron chi connectivity index (χ4n) is 3.93. The van der Waals surface area contributed by atoms with Gasteiger partial charge in [-0.05, 0) is 55.7 Å². The Hall–Kier alpha value is -3.52. The fraction of sp³-hybridized carbons (Fsp3) is 0.240. The van der Waals surface area contributed by atoms with Crippen molar-refractivity contribution in [3.63, 3.8) is 0 Å². The molecule has 0 unspecified atom stereocenters. The van der Waals surface area contributed by atoms with Crippen LogP contribution in [0.5, 0.6) is 5.75 Å². The highest BCUT2D eigenvalue weighted by atomic mass is 32.2. The number of non-ortho nitro benzene ring substituents is 1. The van der Waals surface area contributed by atoms with Crippen molar-refractivity contribution < 1.29 is 14.5 Å². The first-order chi connectivity index (χ1) is 16.1. The number of amides is 1. The molecule has 0 aliphatic carbocycles. The Kier molecular flexibility index (Phi) is 7.14. The molecule has 0 saturated carbocycles. The third-order valence-electron chi connectivity index (χ3n) is 5.56. The standard InChI is InChI=1S/C25H25N3O4S/c1-32-22-10-4-3-8-20(22)26-25(29)24-21(27-16-5-2-6-17-27)9-7-11-23(24)33-19-14-12-18(13-15-19)28(30)31/h3-4,7-15H,2,5-6,16-17H2,1H3,(H,26,29). The summed E-state index contributed by atoms with van der Waals surface area (Å²) in [6, 6.07) is 19.5. The van der Waals surface area contributed by atoms with Crippen LogP contribution in [-0.2, 0) is 0 Å². The van der Waals surface area contributed by atoms with Gasteiger partial charge in [-0.3, -0.25) is 14.9 Å². The first-order valence-electron chi connectivity index (χ1n) is 10.8. The molecule has 1 amide bonds. The quantitative estimate of drug-likeness (QED) is 0.342. The summed E-state index contributed by atoms with van der Waals surface area (Å²) in [6.07, 6.45) is 3.37. The average Bonchev–Trinajstić information content (AvgIpc) is 2.85. The maximum absolute atomic E-state index is 13.6. The van der Waals surface area contributed by atoms with Crippen molar-refractivity contribution in [2.75, 3.05) is 30.4 Å². The predicted molar refractivity (Wildman–Crippen MR) is 131 cm³/mol. The second kappa shape index (κ2) is 10.4. The van der Waals surface area contributed by atoms with Crippen LogP contribution in [0.15, 0.2) is 76.5 Å². The minimum atomic E-state index is -0.419. The van der Waals surface area contributed by atoms with E-state index in [1.54, 1.807) is 25.3 Å². The van der Waals surface area contributed by atoms with Crippen molar-refractivity contribution in [1.29, 1.82) is 0 Å². The number of nitrogens with zero attached hydrogens (tertiary/aromatic N) is 2. The van der Waals surface area contributed by atoms with Gasteiger partial charge in [0.15, 0.2) is 0 Å². The topological polar surface area (TPSA) is 84.7 Å². The van der Waals surface area contributed by atoms with Crippen LogP contribution in [0.1, 0.15) is 29.6 Å². The zero-order valence-electron chi connectivity index (χ0n) is 18.3. The van der Waals surface area contributed by atoms with Gasteiger partial charge < -0.3 is 15.0 Å². The molecule has 0 aromatic heterocycles. The molecule has 0 atom stereocenters. The average molecular weight is 464 g/mol. The molecule has 7 nitrogen and oxygen atoms in total. The van der Waals surface area contributed by atoms with Gasteiger partial charge in [-0.25, -0.2) is 0 Å². The van der Waals surface area contributed by atoms with E-state index in [0.29, 0.717) is 17.0 Å². The Morgan fingerprint density at radius 3 is 2.42 bits per heavy atom. The molecule has 1 saturated heterocycles. The number of methoxy groups -OCH3 is 1. The first kappa shape index (κ1) is 22.7. The Morgan fingerprint density at radius 2 is 1.73 bits per heavy atom. The fourth-order valence-corrected chi connectivity index (χ4v) is 4.90. The third-order valence-corrected chi connectivity index (χ3v) is 6.63. The van der Waals surface area contributed by atoms with Crippen LogP contribution in [0.3, 0.4) is 0 Å². The highest BCUT2D eigenvalue weighted by molar-refractivity contribution is 7.99. The lowest BCUT2D eigenvalue weighted by Crippen LogP contribution is -2.31. The second-order valence-corrected chi connectivity index (χ2v) is 8.82. The Bertz CT molecular complexity index is 1140. The van der Waals surface area contributed by atoms with Gasteiger partial charge in [-0.15, -0.1) is 0 Å². The molecule has 0 radical (unpaired) electrons. The number of nitro benzene ring substituents is 1. The van der Waals surface area contributed by atoms with Gasteiger partial charge in [0.05, 0.1) is 29.0 Å². The van der Waals surface area contributed by atoms with Crippen LogP contribution in [0.2, 0.25) is 0 Å². The maximum atomic E-state index is 13.6. The predicted octanol–water partition coefficient (Wildman–Crippen LogP) is 6.00. The zero-order chi connectivity index (χ0) is 23.2. The van der Waals surface area contributed by atoms with Crippen LogP contribution in [0.4, 0.5) is 17.1 Å². The molecule has 1 aliphatic heterocycles. The lowest BCUT2D eigenvalue weighted by Gasteiger charge is -2.31. The van der Waals surface area contributed by atoms with E-state index in [1.807, 2.05) is 36.4 Å². The summed E-state index contributed by atoms with van der Waals surface area (Å²) in [5, 5.41) is 14.0. The normalized spacial score (nSPS) is 13.4. The molecular weight excluding hydrogens is 438 g/mol. The van der Waals surface area contributed by atoms with Crippen LogP contribution in [0, 0.1) is 10.1 Å². The molecule has 170 valence electrons. The van der Waals surface area contributed by atoms with Crippen molar-refractivity contribution in [3.05, 3.63) is 82.4 Å². The minimum Gasteiger partial charge on any atom is -0.495 e. The molecule has 1 aliphatic rings. The summed E-state index contributed by atoms with van der Waals surface area (Å²) in [7, 11) is 1.57. The van der Waals surface area contributed by atoms with E-state index in [9.17, 15) is 14.9 Å². The van der Waals surface area contributed by atoms with E-state index in [-0.39, 0.29) is 11.6 Å². The lowest BCUT2D eigenvalue weighted by atomic mass is 10.1. The van der Waals surface area contributed by atoms with Crippen molar-refractivity contribution in [3.8, 4) is 5.75 Å². The number of nitro groups is 1. The van der Waals surface area contributed by atoms with Crippen LogP contribution < -0.4 is 15.0 Å². The second-order valence-electron chi connectivity index (χ2n) is 7.71. The van der Waals surface area contributed by atoms with Crippen molar-refractivity contribution >= 4 is 34.7 Å². The SMILES string of the molecule is COc1ccccc1NC(=O)c1c(Sc2ccc([N+](=O)[O-])cc2)cccc1N1CCCCC1. The molecule has 0 spiro atoms.